The van der Waals surface area contributed by atoms with Gasteiger partial charge in [-0.1, -0.05) is 12.1 Å². The van der Waals surface area contributed by atoms with Gasteiger partial charge in [0.2, 0.25) is 0 Å². The molecule has 1 aromatic rings. The van der Waals surface area contributed by atoms with Crippen molar-refractivity contribution >= 4 is 11.9 Å². The predicted octanol–water partition coefficient (Wildman–Crippen LogP) is 2.57. The minimum Gasteiger partial charge on any atom is -0.469 e. The molecule has 0 fully saturated rings. The van der Waals surface area contributed by atoms with E-state index in [0.29, 0.717) is 5.56 Å². The molecule has 0 aliphatic rings. The zero-order valence-corrected chi connectivity index (χ0v) is 11.7. The molecule has 0 atom stereocenters. The summed E-state index contributed by atoms with van der Waals surface area (Å²) in [6.07, 6.45) is 0.169. The van der Waals surface area contributed by atoms with Crippen LogP contribution in [-0.2, 0) is 20.7 Å². The summed E-state index contributed by atoms with van der Waals surface area (Å²) in [6, 6.07) is 4.26. The highest BCUT2D eigenvalue weighted by Crippen LogP contribution is 2.26. The van der Waals surface area contributed by atoms with Crippen LogP contribution in [0, 0.1) is 0 Å². The summed E-state index contributed by atoms with van der Waals surface area (Å²) in [7, 11) is 1.24. The molecule has 0 radical (unpaired) electrons. The third kappa shape index (κ3) is 5.02. The summed E-state index contributed by atoms with van der Waals surface area (Å²) in [5.74, 6) is -1.51. The minimum atomic E-state index is -3.06. The lowest BCUT2D eigenvalue weighted by molar-refractivity contribution is -0.140. The first kappa shape index (κ1) is 16.9. The van der Waals surface area contributed by atoms with Crippen molar-refractivity contribution in [3.8, 4) is 5.75 Å². The number of alkyl halides is 2. The number of esters is 2. The zero-order chi connectivity index (χ0) is 15.8. The van der Waals surface area contributed by atoms with Crippen LogP contribution < -0.4 is 4.74 Å². The van der Waals surface area contributed by atoms with E-state index in [4.69, 9.17) is 4.74 Å². The maximum Gasteiger partial charge on any atom is 0.387 e. The van der Waals surface area contributed by atoms with Gasteiger partial charge in [0, 0.05) is 6.42 Å². The molecule has 1 aromatic carbocycles. The Kier molecular flexibility index (Phi) is 6.58. The zero-order valence-electron chi connectivity index (χ0n) is 11.7. The standard InChI is InChI=1S/C14H16F2O5/c1-3-20-13(18)12-9(7-8-11(17)19-2)5-4-6-10(12)21-14(15)16/h4-6,14H,3,7-8H2,1-2H3. The highest BCUT2D eigenvalue weighted by atomic mass is 19.3. The van der Waals surface area contributed by atoms with Crippen LogP contribution in [0.25, 0.3) is 0 Å². The molecule has 0 aromatic heterocycles. The Hall–Kier alpha value is -2.18. The van der Waals surface area contributed by atoms with Crippen LogP contribution >= 0.6 is 0 Å². The number of hydrogen-bond acceptors (Lipinski definition) is 5. The third-order valence-electron chi connectivity index (χ3n) is 2.63. The molecular formula is C14H16F2O5. The number of rotatable bonds is 7. The van der Waals surface area contributed by atoms with Crippen LogP contribution in [0.15, 0.2) is 18.2 Å². The number of carbonyl (C=O) groups excluding carboxylic acids is 2. The molecule has 1 rings (SSSR count). The predicted molar refractivity (Wildman–Crippen MR) is 69.4 cm³/mol. The van der Waals surface area contributed by atoms with E-state index in [2.05, 4.69) is 9.47 Å². The van der Waals surface area contributed by atoms with Crippen molar-refractivity contribution in [1.82, 2.24) is 0 Å². The van der Waals surface area contributed by atoms with Crippen LogP contribution in [0.4, 0.5) is 8.78 Å². The summed E-state index contributed by atoms with van der Waals surface area (Å²) in [5.41, 5.74) is 0.292. The Bertz CT molecular complexity index is 502. The van der Waals surface area contributed by atoms with Gasteiger partial charge in [0.05, 0.1) is 13.7 Å². The monoisotopic (exact) mass is 302 g/mol. The average molecular weight is 302 g/mol. The van der Waals surface area contributed by atoms with E-state index in [-0.39, 0.29) is 30.8 Å². The fourth-order valence-corrected chi connectivity index (χ4v) is 1.75. The van der Waals surface area contributed by atoms with Crippen molar-refractivity contribution in [3.05, 3.63) is 29.3 Å². The summed E-state index contributed by atoms with van der Waals surface area (Å²) < 4.78 is 38.5. The fourth-order valence-electron chi connectivity index (χ4n) is 1.75. The maximum absolute atomic E-state index is 12.4. The number of carbonyl (C=O) groups is 2. The number of aryl methyl sites for hydroxylation is 1. The quantitative estimate of drug-likeness (QED) is 0.724. The molecule has 0 bridgehead atoms. The molecule has 21 heavy (non-hydrogen) atoms. The van der Waals surface area contributed by atoms with Gasteiger partial charge >= 0.3 is 18.6 Å². The Balaban J connectivity index is 3.09. The van der Waals surface area contributed by atoms with Crippen molar-refractivity contribution in [2.24, 2.45) is 0 Å². The Morgan fingerprint density at radius 1 is 1.29 bits per heavy atom. The maximum atomic E-state index is 12.4. The second kappa shape index (κ2) is 8.18. The van der Waals surface area contributed by atoms with Crippen molar-refractivity contribution in [2.45, 2.75) is 26.4 Å². The molecule has 0 N–H and O–H groups in total. The first-order valence-corrected chi connectivity index (χ1v) is 6.30. The first-order chi connectivity index (χ1) is 9.99. The molecule has 0 unspecified atom stereocenters. The Morgan fingerprint density at radius 3 is 2.57 bits per heavy atom. The number of benzene rings is 1. The number of methoxy groups -OCH3 is 1. The third-order valence-corrected chi connectivity index (χ3v) is 2.63. The lowest BCUT2D eigenvalue weighted by atomic mass is 10.0. The summed E-state index contributed by atoms with van der Waals surface area (Å²) >= 11 is 0. The average Bonchev–Trinajstić information content (AvgIpc) is 2.44. The van der Waals surface area contributed by atoms with E-state index < -0.39 is 18.6 Å². The fraction of sp³-hybridized carbons (Fsp3) is 0.429. The van der Waals surface area contributed by atoms with Crippen LogP contribution in [0.2, 0.25) is 0 Å². The Labute approximate surface area is 120 Å². The van der Waals surface area contributed by atoms with Gasteiger partial charge in [-0.15, -0.1) is 0 Å². The normalized spacial score (nSPS) is 10.3. The van der Waals surface area contributed by atoms with Gasteiger partial charge < -0.3 is 14.2 Å². The van der Waals surface area contributed by atoms with Crippen molar-refractivity contribution in [3.63, 3.8) is 0 Å². The molecule has 0 aliphatic carbocycles. The first-order valence-electron chi connectivity index (χ1n) is 6.30. The van der Waals surface area contributed by atoms with E-state index in [1.54, 1.807) is 13.0 Å². The summed E-state index contributed by atoms with van der Waals surface area (Å²) in [5, 5.41) is 0. The second-order valence-corrected chi connectivity index (χ2v) is 3.97. The topological polar surface area (TPSA) is 61.8 Å². The van der Waals surface area contributed by atoms with E-state index in [0.717, 1.165) is 0 Å². The second-order valence-electron chi connectivity index (χ2n) is 3.97. The van der Waals surface area contributed by atoms with Crippen molar-refractivity contribution in [2.75, 3.05) is 13.7 Å². The van der Waals surface area contributed by atoms with E-state index in [1.165, 1.54) is 19.2 Å². The highest BCUT2D eigenvalue weighted by molar-refractivity contribution is 5.94. The molecule has 0 heterocycles. The molecule has 5 nitrogen and oxygen atoms in total. The number of halogens is 2. The summed E-state index contributed by atoms with van der Waals surface area (Å²) in [6.45, 7) is -1.37. The van der Waals surface area contributed by atoms with Gasteiger partial charge in [-0.2, -0.15) is 8.78 Å². The molecule has 0 aliphatic heterocycles. The van der Waals surface area contributed by atoms with Gasteiger partial charge in [-0.25, -0.2) is 4.79 Å². The van der Waals surface area contributed by atoms with E-state index in [9.17, 15) is 18.4 Å². The SMILES string of the molecule is CCOC(=O)c1c(CCC(=O)OC)cccc1OC(F)F. The lowest BCUT2D eigenvalue weighted by Crippen LogP contribution is -2.14. The van der Waals surface area contributed by atoms with Gasteiger partial charge in [0.1, 0.15) is 11.3 Å². The van der Waals surface area contributed by atoms with Crippen LogP contribution in [0.1, 0.15) is 29.3 Å². The molecular weight excluding hydrogens is 286 g/mol. The minimum absolute atomic E-state index is 0.0149. The highest BCUT2D eigenvalue weighted by Gasteiger charge is 2.21. The molecule has 0 amide bonds. The number of hydrogen-bond donors (Lipinski definition) is 0. The van der Waals surface area contributed by atoms with Gasteiger partial charge in [-0.3, -0.25) is 4.79 Å². The number of ether oxygens (including phenoxy) is 3. The molecule has 0 saturated carbocycles. The molecule has 0 saturated heterocycles. The van der Waals surface area contributed by atoms with Gasteiger partial charge in [0.25, 0.3) is 0 Å². The van der Waals surface area contributed by atoms with Crippen LogP contribution in [-0.4, -0.2) is 32.3 Å². The largest absolute Gasteiger partial charge is 0.469 e. The van der Waals surface area contributed by atoms with Crippen LogP contribution in [0.5, 0.6) is 5.75 Å². The lowest BCUT2D eigenvalue weighted by Gasteiger charge is -2.14. The Morgan fingerprint density at radius 2 is 2.00 bits per heavy atom. The van der Waals surface area contributed by atoms with E-state index in [1.807, 2.05) is 0 Å². The molecule has 0 spiro atoms. The van der Waals surface area contributed by atoms with Crippen LogP contribution in [0.3, 0.4) is 0 Å². The summed E-state index contributed by atoms with van der Waals surface area (Å²) in [4.78, 5) is 23.1. The van der Waals surface area contributed by atoms with E-state index >= 15 is 0 Å². The van der Waals surface area contributed by atoms with Crippen molar-refractivity contribution < 1.29 is 32.6 Å². The van der Waals surface area contributed by atoms with Crippen molar-refractivity contribution in [1.29, 1.82) is 0 Å². The molecule has 7 heteroatoms. The smallest absolute Gasteiger partial charge is 0.387 e. The van der Waals surface area contributed by atoms with Gasteiger partial charge in [0.15, 0.2) is 0 Å². The van der Waals surface area contributed by atoms with Gasteiger partial charge in [-0.05, 0) is 25.0 Å². The molecule has 116 valence electrons.